The van der Waals surface area contributed by atoms with Crippen LogP contribution in [-0.4, -0.2) is 20.9 Å². The topological polar surface area (TPSA) is 38.0 Å². The maximum Gasteiger partial charge on any atom is 0.139 e. The number of nitrogens with two attached hydrogens (primary N) is 1. The van der Waals surface area contributed by atoms with E-state index in [0.717, 1.165) is 24.7 Å². The van der Waals surface area contributed by atoms with Gasteiger partial charge in [-0.05, 0) is 30.9 Å². The van der Waals surface area contributed by atoms with E-state index in [1.807, 2.05) is 0 Å². The molecule has 3 N–H and O–H groups in total. The summed E-state index contributed by atoms with van der Waals surface area (Å²) in [6.45, 7) is 5.92. The minimum atomic E-state index is 0.231. The summed E-state index contributed by atoms with van der Waals surface area (Å²) in [6, 6.07) is 8.56. The molecule has 1 saturated carbocycles. The lowest BCUT2D eigenvalue weighted by Crippen LogP contribution is -2.26. The Morgan fingerprint density at radius 2 is 2.06 bits per heavy atom. The van der Waals surface area contributed by atoms with Crippen LogP contribution in [0.15, 0.2) is 36.5 Å². The molecule has 3 heteroatoms. The SMILES string of the molecule is Bc1ccc([C@@H](CNCC2CC2)C(=C)N)cc1. The Morgan fingerprint density at radius 1 is 1.41 bits per heavy atom. The highest BCUT2D eigenvalue weighted by Crippen LogP contribution is 2.28. The molecule has 1 aromatic carbocycles. The molecule has 1 aliphatic rings. The molecule has 2 rings (SSSR count). The van der Waals surface area contributed by atoms with Gasteiger partial charge in [-0.3, -0.25) is 0 Å². The van der Waals surface area contributed by atoms with E-state index in [1.54, 1.807) is 0 Å². The summed E-state index contributed by atoms with van der Waals surface area (Å²) < 4.78 is 0. The van der Waals surface area contributed by atoms with Gasteiger partial charge in [0.25, 0.3) is 0 Å². The summed E-state index contributed by atoms with van der Waals surface area (Å²) in [5, 5.41) is 3.50. The van der Waals surface area contributed by atoms with Crippen LogP contribution >= 0.6 is 0 Å². The van der Waals surface area contributed by atoms with E-state index in [0.29, 0.717) is 0 Å². The standard InChI is InChI=1S/C14H21BN2/c1-10(16)14(9-17-8-11-2-3-11)12-4-6-13(15)7-5-12/h4-7,11,14,17H,1-3,8-9,15-16H2/t14-/m0/s1. The maximum atomic E-state index is 5.90. The minimum absolute atomic E-state index is 0.231. The second-order valence-corrected chi connectivity index (χ2v) is 5.14. The number of benzene rings is 1. The molecule has 0 unspecified atom stereocenters. The first-order valence-corrected chi connectivity index (χ1v) is 6.38. The van der Waals surface area contributed by atoms with Crippen LogP contribution in [-0.2, 0) is 0 Å². The molecule has 0 radical (unpaired) electrons. The highest BCUT2D eigenvalue weighted by molar-refractivity contribution is 6.32. The fourth-order valence-electron chi connectivity index (χ4n) is 2.02. The predicted octanol–water partition coefficient (Wildman–Crippen LogP) is 0.501. The monoisotopic (exact) mass is 228 g/mol. The quantitative estimate of drug-likeness (QED) is 0.696. The molecule has 1 aromatic rings. The summed E-state index contributed by atoms with van der Waals surface area (Å²) in [4.78, 5) is 0. The van der Waals surface area contributed by atoms with Gasteiger partial charge in [0.15, 0.2) is 0 Å². The zero-order chi connectivity index (χ0) is 12.3. The van der Waals surface area contributed by atoms with E-state index in [4.69, 9.17) is 5.73 Å². The smallest absolute Gasteiger partial charge is 0.139 e. The van der Waals surface area contributed by atoms with Crippen LogP contribution in [0.3, 0.4) is 0 Å². The van der Waals surface area contributed by atoms with E-state index < -0.39 is 0 Å². The van der Waals surface area contributed by atoms with Crippen LogP contribution in [0.1, 0.15) is 24.3 Å². The number of hydrogen-bond acceptors (Lipinski definition) is 2. The third-order valence-corrected chi connectivity index (χ3v) is 3.41. The lowest BCUT2D eigenvalue weighted by atomic mass is 9.90. The van der Waals surface area contributed by atoms with Crippen LogP contribution in [0.4, 0.5) is 0 Å². The molecule has 0 heterocycles. The molecule has 0 aromatic heterocycles. The van der Waals surface area contributed by atoms with Gasteiger partial charge in [0.05, 0.1) is 0 Å². The molecular formula is C14H21BN2. The average Bonchev–Trinajstić information content (AvgIpc) is 3.09. The first-order chi connectivity index (χ1) is 8.16. The third-order valence-electron chi connectivity index (χ3n) is 3.41. The van der Waals surface area contributed by atoms with Gasteiger partial charge in [0, 0.05) is 18.2 Å². The van der Waals surface area contributed by atoms with Crippen molar-refractivity contribution < 1.29 is 0 Å². The summed E-state index contributed by atoms with van der Waals surface area (Å²) >= 11 is 0. The van der Waals surface area contributed by atoms with Crippen LogP contribution < -0.4 is 16.5 Å². The van der Waals surface area contributed by atoms with Crippen molar-refractivity contribution in [3.05, 3.63) is 42.1 Å². The first-order valence-electron chi connectivity index (χ1n) is 6.38. The van der Waals surface area contributed by atoms with Crippen LogP contribution in [0.5, 0.6) is 0 Å². The molecule has 0 spiro atoms. The van der Waals surface area contributed by atoms with Crippen molar-refractivity contribution in [2.45, 2.75) is 18.8 Å². The number of rotatable bonds is 6. The van der Waals surface area contributed by atoms with E-state index in [9.17, 15) is 0 Å². The van der Waals surface area contributed by atoms with E-state index in [2.05, 4.69) is 44.0 Å². The molecule has 17 heavy (non-hydrogen) atoms. The predicted molar refractivity (Wildman–Crippen MR) is 76.3 cm³/mol. The highest BCUT2D eigenvalue weighted by Gasteiger charge is 2.21. The van der Waals surface area contributed by atoms with E-state index in [-0.39, 0.29) is 5.92 Å². The molecule has 1 fully saturated rings. The third kappa shape index (κ3) is 3.63. The normalized spacial score (nSPS) is 16.7. The lowest BCUT2D eigenvalue weighted by Gasteiger charge is -2.18. The maximum absolute atomic E-state index is 5.90. The van der Waals surface area contributed by atoms with E-state index >= 15 is 0 Å². The number of hydrogen-bond donors (Lipinski definition) is 2. The largest absolute Gasteiger partial charge is 0.402 e. The van der Waals surface area contributed by atoms with Crippen molar-refractivity contribution in [1.29, 1.82) is 0 Å². The highest BCUT2D eigenvalue weighted by atomic mass is 14.9. The molecule has 1 aliphatic carbocycles. The van der Waals surface area contributed by atoms with Gasteiger partial charge < -0.3 is 11.1 Å². The second-order valence-electron chi connectivity index (χ2n) is 5.14. The zero-order valence-corrected chi connectivity index (χ0v) is 10.6. The molecule has 90 valence electrons. The van der Waals surface area contributed by atoms with Crippen molar-refractivity contribution in [1.82, 2.24) is 5.32 Å². The minimum Gasteiger partial charge on any atom is -0.402 e. The van der Waals surface area contributed by atoms with Crippen molar-refractivity contribution in [2.24, 2.45) is 11.7 Å². The Balaban J connectivity index is 1.95. The van der Waals surface area contributed by atoms with Gasteiger partial charge in [-0.25, -0.2) is 0 Å². The fourth-order valence-corrected chi connectivity index (χ4v) is 2.02. The Labute approximate surface area is 105 Å². The van der Waals surface area contributed by atoms with Crippen molar-refractivity contribution in [3.63, 3.8) is 0 Å². The second kappa shape index (κ2) is 5.41. The van der Waals surface area contributed by atoms with Gasteiger partial charge in [-0.15, -0.1) is 0 Å². The molecule has 0 bridgehead atoms. The van der Waals surface area contributed by atoms with Crippen LogP contribution in [0.2, 0.25) is 0 Å². The fraction of sp³-hybridized carbons (Fsp3) is 0.429. The zero-order valence-electron chi connectivity index (χ0n) is 10.6. The van der Waals surface area contributed by atoms with Crippen LogP contribution in [0.25, 0.3) is 0 Å². The van der Waals surface area contributed by atoms with Crippen LogP contribution in [0, 0.1) is 5.92 Å². The van der Waals surface area contributed by atoms with Crippen molar-refractivity contribution >= 4 is 13.3 Å². The van der Waals surface area contributed by atoms with E-state index in [1.165, 1.54) is 23.9 Å². The molecule has 2 nitrogen and oxygen atoms in total. The molecule has 0 aliphatic heterocycles. The lowest BCUT2D eigenvalue weighted by molar-refractivity contribution is 0.596. The summed E-state index contributed by atoms with van der Waals surface area (Å²) in [7, 11) is 2.10. The average molecular weight is 228 g/mol. The van der Waals surface area contributed by atoms with Gasteiger partial charge in [-0.2, -0.15) is 0 Å². The first kappa shape index (κ1) is 12.2. The Kier molecular flexibility index (Phi) is 3.90. The van der Waals surface area contributed by atoms with Gasteiger partial charge in [0.1, 0.15) is 7.85 Å². The van der Waals surface area contributed by atoms with Crippen molar-refractivity contribution in [2.75, 3.05) is 13.1 Å². The Bertz CT molecular complexity index is 382. The molecule has 1 atom stereocenters. The number of nitrogens with one attached hydrogen (secondary N) is 1. The molecule has 0 saturated heterocycles. The Morgan fingerprint density at radius 3 is 2.59 bits per heavy atom. The van der Waals surface area contributed by atoms with Crippen molar-refractivity contribution in [3.8, 4) is 0 Å². The molecular weight excluding hydrogens is 207 g/mol. The Hall–Kier alpha value is -1.22. The van der Waals surface area contributed by atoms with Gasteiger partial charge in [-0.1, -0.05) is 36.3 Å². The summed E-state index contributed by atoms with van der Waals surface area (Å²) in [5.41, 5.74) is 9.19. The van der Waals surface area contributed by atoms with Gasteiger partial charge in [0.2, 0.25) is 0 Å². The molecule has 0 amide bonds. The summed E-state index contributed by atoms with van der Waals surface area (Å²) in [6.07, 6.45) is 2.76. The van der Waals surface area contributed by atoms with Gasteiger partial charge >= 0.3 is 0 Å². The summed E-state index contributed by atoms with van der Waals surface area (Å²) in [5.74, 6) is 1.13.